The van der Waals surface area contributed by atoms with E-state index in [1.807, 2.05) is 18.5 Å². The van der Waals surface area contributed by atoms with Gasteiger partial charge in [0, 0.05) is 35.0 Å². The summed E-state index contributed by atoms with van der Waals surface area (Å²) in [5, 5.41) is 2.52. The van der Waals surface area contributed by atoms with Crippen LogP contribution in [0.25, 0.3) is 66.4 Å². The van der Waals surface area contributed by atoms with Crippen molar-refractivity contribution < 1.29 is 0 Å². The number of rotatable bonds is 6. The fourth-order valence-corrected chi connectivity index (χ4v) is 10.2. The van der Waals surface area contributed by atoms with E-state index in [0.29, 0.717) is 0 Å². The maximum absolute atomic E-state index is 4.58. The van der Waals surface area contributed by atoms with Crippen molar-refractivity contribution >= 4 is 27.8 Å². The van der Waals surface area contributed by atoms with Gasteiger partial charge in [0.25, 0.3) is 0 Å². The zero-order valence-electron chi connectivity index (χ0n) is 32.8. The van der Waals surface area contributed by atoms with Crippen LogP contribution >= 0.6 is 0 Å². The van der Waals surface area contributed by atoms with Gasteiger partial charge in [-0.05, 0) is 126 Å². The molecule has 1 spiro atoms. The molecular formula is C58H38N2. The Balaban J connectivity index is 1.12. The smallest absolute Gasteiger partial charge is 0.0732 e. The number of anilines is 3. The molecule has 0 fully saturated rings. The molecule has 0 saturated carbocycles. The van der Waals surface area contributed by atoms with Gasteiger partial charge in [0.1, 0.15) is 0 Å². The summed E-state index contributed by atoms with van der Waals surface area (Å²) in [6, 6.07) is 80.3. The number of pyridine rings is 1. The molecule has 0 radical (unpaired) electrons. The standard InChI is InChI=1S/C58H38N2/c1-3-13-39(14-4-1)41-24-29-45(30-25-41)60(46-31-26-42(27-32-46)40-15-5-2-6-16-40)47-33-35-51-50-20-9-10-22-53(50)58(55(51)37-47)54-23-11-21-48(44-18-12-36-59-38-44)56(54)52-34-28-43-17-7-8-19-49(43)57(52)58/h1-38H. The minimum atomic E-state index is -0.564. The van der Waals surface area contributed by atoms with Crippen molar-refractivity contribution in [3.8, 4) is 55.6 Å². The molecule has 9 aromatic carbocycles. The highest BCUT2D eigenvalue weighted by Gasteiger charge is 2.53. The molecule has 10 aromatic rings. The van der Waals surface area contributed by atoms with E-state index < -0.39 is 5.41 Å². The molecule has 12 rings (SSSR count). The summed E-state index contributed by atoms with van der Waals surface area (Å²) in [6.45, 7) is 0. The molecule has 60 heavy (non-hydrogen) atoms. The van der Waals surface area contributed by atoms with Crippen LogP contribution in [0.2, 0.25) is 0 Å². The highest BCUT2D eigenvalue weighted by Crippen LogP contribution is 2.65. The fourth-order valence-electron chi connectivity index (χ4n) is 10.2. The van der Waals surface area contributed by atoms with Crippen molar-refractivity contribution in [3.63, 3.8) is 0 Å². The van der Waals surface area contributed by atoms with Gasteiger partial charge in [-0.2, -0.15) is 0 Å². The number of hydrogen-bond acceptors (Lipinski definition) is 2. The van der Waals surface area contributed by atoms with Crippen LogP contribution in [0.4, 0.5) is 17.1 Å². The molecule has 2 heteroatoms. The highest BCUT2D eigenvalue weighted by molar-refractivity contribution is 6.07. The summed E-state index contributed by atoms with van der Waals surface area (Å²) in [6.07, 6.45) is 3.86. The second-order valence-corrected chi connectivity index (χ2v) is 15.9. The van der Waals surface area contributed by atoms with Gasteiger partial charge in [0.15, 0.2) is 0 Å². The van der Waals surface area contributed by atoms with Crippen LogP contribution in [-0.4, -0.2) is 4.98 Å². The van der Waals surface area contributed by atoms with E-state index in [2.05, 4.69) is 222 Å². The van der Waals surface area contributed by atoms with Crippen molar-refractivity contribution in [2.45, 2.75) is 5.41 Å². The number of benzene rings is 9. The summed E-state index contributed by atoms with van der Waals surface area (Å²) in [4.78, 5) is 7.00. The van der Waals surface area contributed by atoms with Crippen molar-refractivity contribution in [1.29, 1.82) is 0 Å². The van der Waals surface area contributed by atoms with Crippen molar-refractivity contribution in [2.75, 3.05) is 4.90 Å². The van der Waals surface area contributed by atoms with Crippen LogP contribution in [0.15, 0.2) is 231 Å². The molecule has 0 aliphatic heterocycles. The highest BCUT2D eigenvalue weighted by atomic mass is 15.1. The van der Waals surface area contributed by atoms with Gasteiger partial charge in [-0.15, -0.1) is 0 Å². The Morgan fingerprint density at radius 1 is 0.350 bits per heavy atom. The first kappa shape index (κ1) is 34.3. The van der Waals surface area contributed by atoms with E-state index >= 15 is 0 Å². The maximum Gasteiger partial charge on any atom is 0.0732 e. The molecule has 0 amide bonds. The second-order valence-electron chi connectivity index (χ2n) is 15.9. The Morgan fingerprint density at radius 3 is 1.60 bits per heavy atom. The summed E-state index contributed by atoms with van der Waals surface area (Å²) in [5.74, 6) is 0. The van der Waals surface area contributed by atoms with E-state index in [9.17, 15) is 0 Å². The van der Waals surface area contributed by atoms with E-state index in [4.69, 9.17) is 0 Å². The van der Waals surface area contributed by atoms with Gasteiger partial charge < -0.3 is 4.90 Å². The number of fused-ring (bicyclic) bond motifs is 12. The SMILES string of the molecule is c1ccc(-c2ccc(N(c3ccc(-c4ccccc4)cc3)c3ccc4c(c3)C3(c5ccccc5-4)c4cccc(-c5cccnc5)c4-c4ccc5ccccc5c43)cc2)cc1. The van der Waals surface area contributed by atoms with E-state index in [-0.39, 0.29) is 0 Å². The van der Waals surface area contributed by atoms with Crippen LogP contribution in [-0.2, 0) is 5.41 Å². The summed E-state index contributed by atoms with van der Waals surface area (Å²) in [5.41, 5.74) is 20.3. The molecule has 2 aliphatic carbocycles. The Kier molecular flexibility index (Phi) is 7.79. The van der Waals surface area contributed by atoms with E-state index in [1.165, 1.54) is 83.1 Å². The minimum absolute atomic E-state index is 0.564. The first-order chi connectivity index (χ1) is 29.8. The number of aromatic nitrogens is 1. The number of hydrogen-bond donors (Lipinski definition) is 0. The third-order valence-electron chi connectivity index (χ3n) is 12.8. The van der Waals surface area contributed by atoms with Crippen molar-refractivity contribution in [3.05, 3.63) is 253 Å². The van der Waals surface area contributed by atoms with Gasteiger partial charge in [-0.1, -0.05) is 176 Å². The third-order valence-corrected chi connectivity index (χ3v) is 12.8. The molecule has 280 valence electrons. The van der Waals surface area contributed by atoms with Crippen molar-refractivity contribution in [1.82, 2.24) is 4.98 Å². The predicted octanol–water partition coefficient (Wildman–Crippen LogP) is 15.0. The average Bonchev–Trinajstić information content (AvgIpc) is 3.80. The molecule has 1 aromatic heterocycles. The largest absolute Gasteiger partial charge is 0.310 e. The van der Waals surface area contributed by atoms with Gasteiger partial charge in [0.2, 0.25) is 0 Å². The Hall–Kier alpha value is -7.81. The van der Waals surface area contributed by atoms with Crippen LogP contribution in [0, 0.1) is 0 Å². The Labute approximate surface area is 350 Å². The quantitative estimate of drug-likeness (QED) is 0.168. The first-order valence-corrected chi connectivity index (χ1v) is 20.7. The molecule has 0 bridgehead atoms. The van der Waals surface area contributed by atoms with Crippen LogP contribution < -0.4 is 4.90 Å². The summed E-state index contributed by atoms with van der Waals surface area (Å²) >= 11 is 0. The third kappa shape index (κ3) is 5.11. The molecule has 0 N–H and O–H groups in total. The molecule has 2 aliphatic rings. The zero-order chi connectivity index (χ0) is 39.6. The predicted molar refractivity (Wildman–Crippen MR) is 249 cm³/mol. The molecule has 1 heterocycles. The topological polar surface area (TPSA) is 16.1 Å². The van der Waals surface area contributed by atoms with Gasteiger partial charge in [-0.3, -0.25) is 4.98 Å². The lowest BCUT2D eigenvalue weighted by molar-refractivity contribution is 0.801. The zero-order valence-corrected chi connectivity index (χ0v) is 32.8. The fraction of sp³-hybridized carbons (Fsp3) is 0.0172. The van der Waals surface area contributed by atoms with E-state index in [0.717, 1.165) is 22.6 Å². The van der Waals surface area contributed by atoms with Crippen LogP contribution in [0.5, 0.6) is 0 Å². The summed E-state index contributed by atoms with van der Waals surface area (Å²) < 4.78 is 0. The second kappa shape index (κ2) is 13.7. The molecular weight excluding hydrogens is 725 g/mol. The Morgan fingerprint density at radius 2 is 0.900 bits per heavy atom. The lowest BCUT2D eigenvalue weighted by Crippen LogP contribution is -2.26. The normalized spacial score (nSPS) is 14.4. The summed E-state index contributed by atoms with van der Waals surface area (Å²) in [7, 11) is 0. The lowest BCUT2D eigenvalue weighted by atomic mass is 9.69. The molecule has 0 saturated heterocycles. The molecule has 2 nitrogen and oxygen atoms in total. The monoisotopic (exact) mass is 762 g/mol. The molecule has 1 unspecified atom stereocenters. The van der Waals surface area contributed by atoms with Gasteiger partial charge in [0.05, 0.1) is 5.41 Å². The minimum Gasteiger partial charge on any atom is -0.310 e. The van der Waals surface area contributed by atoms with Gasteiger partial charge >= 0.3 is 0 Å². The van der Waals surface area contributed by atoms with Gasteiger partial charge in [-0.25, -0.2) is 0 Å². The number of nitrogens with zero attached hydrogens (tertiary/aromatic N) is 2. The average molecular weight is 763 g/mol. The molecule has 1 atom stereocenters. The van der Waals surface area contributed by atoms with Crippen LogP contribution in [0.1, 0.15) is 22.3 Å². The van der Waals surface area contributed by atoms with Crippen molar-refractivity contribution in [2.24, 2.45) is 0 Å². The van der Waals surface area contributed by atoms with Crippen LogP contribution in [0.3, 0.4) is 0 Å². The first-order valence-electron chi connectivity index (χ1n) is 20.7. The Bertz CT molecular complexity index is 3140. The van der Waals surface area contributed by atoms with E-state index in [1.54, 1.807) is 0 Å². The maximum atomic E-state index is 4.58. The lowest BCUT2D eigenvalue weighted by Gasteiger charge is -2.33.